The van der Waals surface area contributed by atoms with E-state index in [1.165, 1.54) is 11.8 Å². The SMILES string of the molecule is COc1cc(OC)cc(-c2nnc(SC(C)C(=O)c3c(C)[nH]c4ccccc34)o2)c1. The number of ketones is 1. The Bertz CT molecular complexity index is 1190. The van der Waals surface area contributed by atoms with E-state index in [4.69, 9.17) is 13.9 Å². The van der Waals surface area contributed by atoms with Crippen LogP contribution in [-0.2, 0) is 0 Å². The van der Waals surface area contributed by atoms with E-state index in [2.05, 4.69) is 15.2 Å². The predicted octanol–water partition coefficient (Wildman–Crippen LogP) is 4.91. The molecule has 0 aliphatic carbocycles. The molecule has 0 saturated heterocycles. The minimum absolute atomic E-state index is 0.0118. The van der Waals surface area contributed by atoms with E-state index in [0.29, 0.717) is 33.7 Å². The van der Waals surface area contributed by atoms with Crippen molar-refractivity contribution in [2.24, 2.45) is 0 Å². The summed E-state index contributed by atoms with van der Waals surface area (Å²) in [6, 6.07) is 13.1. The number of hydrogen-bond donors (Lipinski definition) is 1. The summed E-state index contributed by atoms with van der Waals surface area (Å²) in [5.74, 6) is 1.58. The van der Waals surface area contributed by atoms with Crippen LogP contribution in [0.1, 0.15) is 23.0 Å². The molecule has 0 aliphatic heterocycles. The molecule has 0 bridgehead atoms. The van der Waals surface area contributed by atoms with E-state index in [-0.39, 0.29) is 5.78 Å². The molecule has 4 rings (SSSR count). The number of methoxy groups -OCH3 is 2. The molecule has 1 unspecified atom stereocenters. The monoisotopic (exact) mass is 423 g/mol. The van der Waals surface area contributed by atoms with Crippen LogP contribution in [0.15, 0.2) is 52.1 Å². The molecule has 30 heavy (non-hydrogen) atoms. The van der Waals surface area contributed by atoms with Gasteiger partial charge in [0.1, 0.15) is 11.5 Å². The maximum absolute atomic E-state index is 13.1. The molecule has 0 amide bonds. The number of carbonyl (C=O) groups excluding carboxylic acids is 1. The molecule has 154 valence electrons. The molecule has 0 spiro atoms. The van der Waals surface area contributed by atoms with E-state index < -0.39 is 5.25 Å². The number of nitrogens with one attached hydrogen (secondary N) is 1. The summed E-state index contributed by atoms with van der Waals surface area (Å²) < 4.78 is 16.4. The average Bonchev–Trinajstić information content (AvgIpc) is 3.36. The summed E-state index contributed by atoms with van der Waals surface area (Å²) >= 11 is 1.24. The van der Waals surface area contributed by atoms with E-state index in [0.717, 1.165) is 16.6 Å². The number of Topliss-reactive ketones (excluding diaryl/α,β-unsaturated/α-hetero) is 1. The Hall–Kier alpha value is -3.26. The molecule has 0 radical (unpaired) electrons. The van der Waals surface area contributed by atoms with Gasteiger partial charge in [0.2, 0.25) is 5.89 Å². The normalized spacial score (nSPS) is 12.1. The second-order valence-corrected chi connectivity index (χ2v) is 8.06. The molecule has 1 atom stereocenters. The number of H-pyrrole nitrogens is 1. The van der Waals surface area contributed by atoms with Gasteiger partial charge in [0.25, 0.3) is 5.22 Å². The average molecular weight is 423 g/mol. The van der Waals surface area contributed by atoms with Crippen molar-refractivity contribution in [2.75, 3.05) is 14.2 Å². The standard InChI is InChI=1S/C22H21N3O4S/c1-12-19(17-7-5-6-8-18(17)23-12)20(26)13(2)30-22-25-24-21(29-22)14-9-15(27-3)11-16(10-14)28-4/h5-11,13,23H,1-4H3. The van der Waals surface area contributed by atoms with Crippen molar-refractivity contribution in [3.63, 3.8) is 0 Å². The lowest BCUT2D eigenvalue weighted by Crippen LogP contribution is -2.14. The van der Waals surface area contributed by atoms with Crippen LogP contribution in [0.25, 0.3) is 22.4 Å². The number of thioether (sulfide) groups is 1. The molecular weight excluding hydrogens is 402 g/mol. The van der Waals surface area contributed by atoms with Crippen LogP contribution >= 0.6 is 11.8 Å². The van der Waals surface area contributed by atoms with Gasteiger partial charge in [-0.3, -0.25) is 4.79 Å². The largest absolute Gasteiger partial charge is 0.497 e. The maximum atomic E-state index is 13.1. The number of rotatable bonds is 7. The Morgan fingerprint density at radius 1 is 1.10 bits per heavy atom. The molecule has 0 fully saturated rings. The van der Waals surface area contributed by atoms with Gasteiger partial charge in [0.15, 0.2) is 5.78 Å². The zero-order valence-corrected chi connectivity index (χ0v) is 17.9. The number of carbonyl (C=O) groups is 1. The fourth-order valence-electron chi connectivity index (χ4n) is 3.31. The lowest BCUT2D eigenvalue weighted by atomic mass is 10.1. The van der Waals surface area contributed by atoms with Gasteiger partial charge in [-0.1, -0.05) is 30.0 Å². The second-order valence-electron chi connectivity index (χ2n) is 6.77. The highest BCUT2D eigenvalue weighted by Crippen LogP contribution is 2.33. The topological polar surface area (TPSA) is 90.2 Å². The van der Waals surface area contributed by atoms with Gasteiger partial charge >= 0.3 is 0 Å². The number of nitrogens with zero attached hydrogens (tertiary/aromatic N) is 2. The highest BCUT2D eigenvalue weighted by atomic mass is 32.2. The van der Waals surface area contributed by atoms with Gasteiger partial charge in [-0.25, -0.2) is 0 Å². The number of fused-ring (bicyclic) bond motifs is 1. The molecule has 7 nitrogen and oxygen atoms in total. The molecule has 1 N–H and O–H groups in total. The van der Waals surface area contributed by atoms with Gasteiger partial charge < -0.3 is 18.9 Å². The fraction of sp³-hybridized carbons (Fsp3) is 0.227. The summed E-state index contributed by atoms with van der Waals surface area (Å²) in [4.78, 5) is 16.4. The lowest BCUT2D eigenvalue weighted by Gasteiger charge is -2.08. The van der Waals surface area contributed by atoms with Crippen molar-refractivity contribution in [1.29, 1.82) is 0 Å². The molecule has 4 aromatic rings. The van der Waals surface area contributed by atoms with Gasteiger partial charge in [-0.05, 0) is 32.0 Å². The molecule has 8 heteroatoms. The third-order valence-electron chi connectivity index (χ3n) is 4.79. The van der Waals surface area contributed by atoms with Crippen LogP contribution in [0, 0.1) is 6.92 Å². The van der Waals surface area contributed by atoms with Crippen molar-refractivity contribution >= 4 is 28.4 Å². The first kappa shape index (κ1) is 20.0. The van der Waals surface area contributed by atoms with Crippen molar-refractivity contribution < 1.29 is 18.7 Å². The number of hydrogen-bond acceptors (Lipinski definition) is 7. The third kappa shape index (κ3) is 3.78. The molecule has 0 aliphatic rings. The number of aromatic amines is 1. The van der Waals surface area contributed by atoms with E-state index in [1.807, 2.05) is 38.1 Å². The quantitative estimate of drug-likeness (QED) is 0.334. The van der Waals surface area contributed by atoms with Crippen LogP contribution in [0.5, 0.6) is 11.5 Å². The predicted molar refractivity (Wildman–Crippen MR) is 116 cm³/mol. The highest BCUT2D eigenvalue weighted by Gasteiger charge is 2.24. The molecule has 2 aromatic heterocycles. The highest BCUT2D eigenvalue weighted by molar-refractivity contribution is 8.00. The Labute approximate surface area is 177 Å². The summed E-state index contributed by atoms with van der Waals surface area (Å²) in [5.41, 5.74) is 3.17. The Balaban J connectivity index is 1.56. The summed E-state index contributed by atoms with van der Waals surface area (Å²) in [7, 11) is 3.15. The van der Waals surface area contributed by atoms with Gasteiger partial charge in [0, 0.05) is 33.8 Å². The number of aromatic nitrogens is 3. The molecular formula is C22H21N3O4S. The number of ether oxygens (including phenoxy) is 2. The van der Waals surface area contributed by atoms with Gasteiger partial charge in [-0.2, -0.15) is 0 Å². The van der Waals surface area contributed by atoms with Gasteiger partial charge in [-0.15, -0.1) is 10.2 Å². The molecule has 2 heterocycles. The van der Waals surface area contributed by atoms with Crippen molar-refractivity contribution in [2.45, 2.75) is 24.3 Å². The van der Waals surface area contributed by atoms with Crippen LogP contribution in [-0.4, -0.2) is 40.4 Å². The van der Waals surface area contributed by atoms with Crippen LogP contribution < -0.4 is 9.47 Å². The third-order valence-corrected chi connectivity index (χ3v) is 5.73. The summed E-state index contributed by atoms with van der Waals surface area (Å²) in [6.07, 6.45) is 0. The smallest absolute Gasteiger partial charge is 0.277 e. The van der Waals surface area contributed by atoms with Gasteiger partial charge in [0.05, 0.1) is 19.5 Å². The van der Waals surface area contributed by atoms with Crippen LogP contribution in [0.2, 0.25) is 0 Å². The van der Waals surface area contributed by atoms with Crippen LogP contribution in [0.4, 0.5) is 0 Å². The van der Waals surface area contributed by atoms with Crippen molar-refractivity contribution in [3.05, 3.63) is 53.7 Å². The Morgan fingerprint density at radius 3 is 2.50 bits per heavy atom. The Morgan fingerprint density at radius 2 is 1.80 bits per heavy atom. The minimum Gasteiger partial charge on any atom is -0.497 e. The lowest BCUT2D eigenvalue weighted by molar-refractivity contribution is 0.0994. The fourth-order valence-corrected chi connectivity index (χ4v) is 4.05. The summed E-state index contributed by atoms with van der Waals surface area (Å²) in [6.45, 7) is 3.75. The number of benzene rings is 2. The van der Waals surface area contributed by atoms with Crippen LogP contribution in [0.3, 0.4) is 0 Å². The molecule has 0 saturated carbocycles. The van der Waals surface area contributed by atoms with E-state index in [9.17, 15) is 4.79 Å². The minimum atomic E-state index is -0.393. The molecule has 2 aromatic carbocycles. The van der Waals surface area contributed by atoms with E-state index in [1.54, 1.807) is 32.4 Å². The first-order valence-electron chi connectivity index (χ1n) is 9.35. The Kier molecular flexibility index (Phi) is 5.50. The first-order chi connectivity index (χ1) is 14.5. The zero-order chi connectivity index (χ0) is 21.3. The van der Waals surface area contributed by atoms with Crippen molar-refractivity contribution in [1.82, 2.24) is 15.2 Å². The van der Waals surface area contributed by atoms with E-state index >= 15 is 0 Å². The first-order valence-corrected chi connectivity index (χ1v) is 10.2. The summed E-state index contributed by atoms with van der Waals surface area (Å²) in [5, 5.41) is 9.06. The maximum Gasteiger partial charge on any atom is 0.277 e. The number of aryl methyl sites for hydroxylation is 1. The zero-order valence-electron chi connectivity index (χ0n) is 17.1. The van der Waals surface area contributed by atoms with Crippen molar-refractivity contribution in [3.8, 4) is 23.0 Å². The number of para-hydroxylation sites is 1. The second kappa shape index (κ2) is 8.23.